The van der Waals surface area contributed by atoms with Crippen LogP contribution in [-0.2, 0) is 0 Å². The lowest BCUT2D eigenvalue weighted by Crippen LogP contribution is -2.50. The molecule has 2 heterocycles. The Hall–Kier alpha value is -2.97. The highest BCUT2D eigenvalue weighted by Crippen LogP contribution is 2.16. The summed E-state index contributed by atoms with van der Waals surface area (Å²) in [5.41, 5.74) is 0.0970. The molecule has 0 saturated carbocycles. The number of carbonyl (C=O) groups is 1. The molecular weight excluding hydrogens is 342 g/mol. The second kappa shape index (κ2) is 7.94. The molecule has 1 aliphatic heterocycles. The minimum atomic E-state index is -0.732. The molecule has 7 nitrogen and oxygen atoms in total. The first-order chi connectivity index (χ1) is 12.5. The maximum Gasteiger partial charge on any atom is 0.321 e. The van der Waals surface area contributed by atoms with Crippen LogP contribution in [0, 0.1) is 11.6 Å². The fraction of sp³-hybridized carbons (Fsp3) is 0.353. The SMILES string of the molecule is CCNc1ccc(N2CCN(C(=O)Nc3cc(F)cc(F)c3)CC2)nn1. The standard InChI is InChI=1S/C17H20F2N6O/c1-2-20-15-3-4-16(23-22-15)24-5-7-25(8-6-24)17(26)21-14-10-12(18)9-13(19)11-14/h3-4,9-11H,2,5-8H2,1H3,(H,20,22)(H,21,26). The second-order valence-corrected chi connectivity index (χ2v) is 5.87. The van der Waals surface area contributed by atoms with Crippen molar-refractivity contribution < 1.29 is 13.6 Å². The Labute approximate surface area is 150 Å². The van der Waals surface area contributed by atoms with Gasteiger partial charge in [0, 0.05) is 44.5 Å². The largest absolute Gasteiger partial charge is 0.369 e. The van der Waals surface area contributed by atoms with E-state index in [1.54, 1.807) is 4.90 Å². The lowest BCUT2D eigenvalue weighted by Gasteiger charge is -2.35. The molecule has 9 heteroatoms. The van der Waals surface area contributed by atoms with Crippen LogP contribution >= 0.6 is 0 Å². The molecule has 2 amide bonds. The van der Waals surface area contributed by atoms with Gasteiger partial charge in [0.25, 0.3) is 0 Å². The molecule has 0 bridgehead atoms. The molecule has 2 aromatic rings. The molecule has 138 valence electrons. The highest BCUT2D eigenvalue weighted by Gasteiger charge is 2.22. The number of benzene rings is 1. The lowest BCUT2D eigenvalue weighted by atomic mass is 10.3. The zero-order valence-electron chi connectivity index (χ0n) is 14.4. The van der Waals surface area contributed by atoms with E-state index in [1.807, 2.05) is 24.0 Å². The van der Waals surface area contributed by atoms with Crippen molar-refractivity contribution in [3.8, 4) is 0 Å². The number of nitrogens with one attached hydrogen (secondary N) is 2. The van der Waals surface area contributed by atoms with Gasteiger partial charge in [-0.05, 0) is 31.2 Å². The summed E-state index contributed by atoms with van der Waals surface area (Å²) in [6.45, 7) is 4.90. The third-order valence-electron chi connectivity index (χ3n) is 4.01. The van der Waals surface area contributed by atoms with Gasteiger partial charge in [-0.2, -0.15) is 0 Å². The summed E-state index contributed by atoms with van der Waals surface area (Å²) in [6.07, 6.45) is 0. The van der Waals surface area contributed by atoms with Gasteiger partial charge in [-0.15, -0.1) is 10.2 Å². The lowest BCUT2D eigenvalue weighted by molar-refractivity contribution is 0.208. The predicted octanol–water partition coefficient (Wildman–Crippen LogP) is 2.54. The Kier molecular flexibility index (Phi) is 5.45. The highest BCUT2D eigenvalue weighted by molar-refractivity contribution is 5.89. The van der Waals surface area contributed by atoms with E-state index in [0.717, 1.165) is 36.4 Å². The van der Waals surface area contributed by atoms with Crippen molar-refractivity contribution in [2.75, 3.05) is 48.3 Å². The molecule has 2 N–H and O–H groups in total. The number of hydrogen-bond acceptors (Lipinski definition) is 5. The van der Waals surface area contributed by atoms with E-state index in [2.05, 4.69) is 20.8 Å². The smallest absolute Gasteiger partial charge is 0.321 e. The minimum Gasteiger partial charge on any atom is -0.369 e. The molecule has 1 saturated heterocycles. The van der Waals surface area contributed by atoms with E-state index in [0.29, 0.717) is 26.2 Å². The first-order valence-electron chi connectivity index (χ1n) is 8.39. The number of anilines is 3. The van der Waals surface area contributed by atoms with E-state index < -0.39 is 11.6 Å². The highest BCUT2D eigenvalue weighted by atomic mass is 19.1. The van der Waals surface area contributed by atoms with Crippen LogP contribution in [0.1, 0.15) is 6.92 Å². The third-order valence-corrected chi connectivity index (χ3v) is 4.01. The number of urea groups is 1. The molecule has 1 aliphatic rings. The minimum absolute atomic E-state index is 0.0970. The van der Waals surface area contributed by atoms with Gasteiger partial charge in [0.1, 0.15) is 17.5 Å². The van der Waals surface area contributed by atoms with Gasteiger partial charge in [-0.1, -0.05) is 0 Å². The van der Waals surface area contributed by atoms with Gasteiger partial charge in [0.2, 0.25) is 0 Å². The average molecular weight is 362 g/mol. The summed E-state index contributed by atoms with van der Waals surface area (Å²) < 4.78 is 26.4. The van der Waals surface area contributed by atoms with Gasteiger partial charge in [-0.3, -0.25) is 0 Å². The van der Waals surface area contributed by atoms with Crippen molar-refractivity contribution >= 4 is 23.4 Å². The summed E-state index contributed by atoms with van der Waals surface area (Å²) in [6, 6.07) is 6.29. The molecule has 0 unspecified atom stereocenters. The maximum atomic E-state index is 13.2. The van der Waals surface area contributed by atoms with Gasteiger partial charge in [0.15, 0.2) is 5.82 Å². The van der Waals surface area contributed by atoms with Gasteiger partial charge < -0.3 is 20.4 Å². The van der Waals surface area contributed by atoms with Crippen molar-refractivity contribution in [1.29, 1.82) is 0 Å². The van der Waals surface area contributed by atoms with E-state index in [9.17, 15) is 13.6 Å². The first-order valence-corrected chi connectivity index (χ1v) is 8.39. The third kappa shape index (κ3) is 4.35. The number of halogens is 2. The van der Waals surface area contributed by atoms with Crippen LogP contribution in [0.25, 0.3) is 0 Å². The predicted molar refractivity (Wildman–Crippen MR) is 95.4 cm³/mol. The van der Waals surface area contributed by atoms with Crippen LogP contribution in [0.2, 0.25) is 0 Å². The summed E-state index contributed by atoms with van der Waals surface area (Å²) in [7, 11) is 0. The van der Waals surface area contributed by atoms with Crippen molar-refractivity contribution in [3.63, 3.8) is 0 Å². The molecule has 1 aromatic carbocycles. The number of amides is 2. The van der Waals surface area contributed by atoms with Crippen molar-refractivity contribution in [3.05, 3.63) is 42.0 Å². The number of carbonyl (C=O) groups excluding carboxylic acids is 1. The van der Waals surface area contributed by atoms with E-state index in [1.165, 1.54) is 0 Å². The monoisotopic (exact) mass is 362 g/mol. The molecular formula is C17H20F2N6O. The molecule has 0 spiro atoms. The molecule has 3 rings (SSSR count). The van der Waals surface area contributed by atoms with Crippen LogP contribution < -0.4 is 15.5 Å². The molecule has 0 radical (unpaired) electrons. The van der Waals surface area contributed by atoms with E-state index in [4.69, 9.17) is 0 Å². The molecule has 0 aliphatic carbocycles. The number of rotatable bonds is 4. The fourth-order valence-corrected chi connectivity index (χ4v) is 2.74. The topological polar surface area (TPSA) is 73.4 Å². The summed E-state index contributed by atoms with van der Waals surface area (Å²) in [5, 5.41) is 13.9. The van der Waals surface area contributed by atoms with E-state index >= 15 is 0 Å². The van der Waals surface area contributed by atoms with Gasteiger partial charge in [0.05, 0.1) is 0 Å². The Bertz CT molecular complexity index is 742. The van der Waals surface area contributed by atoms with Crippen LogP contribution in [0.15, 0.2) is 30.3 Å². The average Bonchev–Trinajstić information content (AvgIpc) is 2.62. The number of hydrogen-bond donors (Lipinski definition) is 2. The fourth-order valence-electron chi connectivity index (χ4n) is 2.74. The van der Waals surface area contributed by atoms with Crippen molar-refractivity contribution in [2.24, 2.45) is 0 Å². The van der Waals surface area contributed by atoms with E-state index in [-0.39, 0.29) is 11.7 Å². The van der Waals surface area contributed by atoms with Gasteiger partial charge >= 0.3 is 6.03 Å². The quantitative estimate of drug-likeness (QED) is 0.874. The summed E-state index contributed by atoms with van der Waals surface area (Å²) in [5.74, 6) is 0.00455. The van der Waals surface area contributed by atoms with Gasteiger partial charge in [-0.25, -0.2) is 13.6 Å². The maximum absolute atomic E-state index is 13.2. The number of piperazine rings is 1. The first kappa shape index (κ1) is 17.8. The second-order valence-electron chi connectivity index (χ2n) is 5.87. The Morgan fingerprint density at radius 2 is 1.77 bits per heavy atom. The molecule has 1 aromatic heterocycles. The van der Waals surface area contributed by atoms with Crippen LogP contribution in [0.5, 0.6) is 0 Å². The zero-order valence-corrected chi connectivity index (χ0v) is 14.4. The molecule has 26 heavy (non-hydrogen) atoms. The van der Waals surface area contributed by atoms with Crippen molar-refractivity contribution in [1.82, 2.24) is 15.1 Å². The van der Waals surface area contributed by atoms with Crippen LogP contribution in [-0.4, -0.2) is 53.9 Å². The Morgan fingerprint density at radius 3 is 2.35 bits per heavy atom. The number of nitrogens with zero attached hydrogens (tertiary/aromatic N) is 4. The normalized spacial score (nSPS) is 14.3. The molecule has 0 atom stereocenters. The van der Waals surface area contributed by atoms with Crippen LogP contribution in [0.3, 0.4) is 0 Å². The van der Waals surface area contributed by atoms with Crippen LogP contribution in [0.4, 0.5) is 30.9 Å². The summed E-state index contributed by atoms with van der Waals surface area (Å²) in [4.78, 5) is 15.9. The Morgan fingerprint density at radius 1 is 1.08 bits per heavy atom. The molecule has 1 fully saturated rings. The van der Waals surface area contributed by atoms with Crippen molar-refractivity contribution in [2.45, 2.75) is 6.92 Å². The number of aromatic nitrogens is 2. The Balaban J connectivity index is 1.55. The zero-order chi connectivity index (χ0) is 18.5. The summed E-state index contributed by atoms with van der Waals surface area (Å²) >= 11 is 0.